The fourth-order valence-corrected chi connectivity index (χ4v) is 2.27. The average molecular weight is 235 g/mol. The minimum atomic E-state index is 0.485. The molecule has 1 saturated heterocycles. The number of hydrogen-bond donors (Lipinski definition) is 1. The highest BCUT2D eigenvalue weighted by molar-refractivity contribution is 5.53. The molecule has 2 rings (SSSR count). The Labute approximate surface area is 103 Å². The molecule has 0 spiro atoms. The lowest BCUT2D eigenvalue weighted by Crippen LogP contribution is -2.25. The Morgan fingerprint density at radius 1 is 1.59 bits per heavy atom. The second-order valence-electron chi connectivity index (χ2n) is 4.65. The second kappa shape index (κ2) is 5.36. The van der Waals surface area contributed by atoms with Crippen molar-refractivity contribution in [2.75, 3.05) is 25.5 Å². The van der Waals surface area contributed by atoms with Crippen molar-refractivity contribution in [3.05, 3.63) is 18.3 Å². The van der Waals surface area contributed by atoms with Crippen molar-refractivity contribution in [2.24, 2.45) is 0 Å². The maximum Gasteiger partial charge on any atom is 0.237 e. The Balaban J connectivity index is 2.03. The van der Waals surface area contributed by atoms with Crippen LogP contribution < -0.4 is 10.1 Å². The number of likely N-dealkylation sites (N-methyl/N-ethyl adjacent to an activating group) is 1. The topological polar surface area (TPSA) is 37.4 Å². The minimum absolute atomic E-state index is 0.485. The SMILES string of the molecule is CCOc1ncccc1NC1CC(C)N(C)C1. The van der Waals surface area contributed by atoms with Crippen LogP contribution in [-0.2, 0) is 0 Å². The van der Waals surface area contributed by atoms with Gasteiger partial charge in [0.2, 0.25) is 5.88 Å². The van der Waals surface area contributed by atoms with E-state index in [1.165, 1.54) is 0 Å². The van der Waals surface area contributed by atoms with Gasteiger partial charge in [-0.2, -0.15) is 0 Å². The van der Waals surface area contributed by atoms with Gasteiger partial charge in [-0.3, -0.25) is 0 Å². The molecule has 2 heterocycles. The zero-order valence-corrected chi connectivity index (χ0v) is 10.8. The van der Waals surface area contributed by atoms with Crippen molar-refractivity contribution in [3.8, 4) is 5.88 Å². The van der Waals surface area contributed by atoms with Crippen LogP contribution in [0.2, 0.25) is 0 Å². The van der Waals surface area contributed by atoms with Crippen LogP contribution in [0.3, 0.4) is 0 Å². The standard InChI is InChI=1S/C13H21N3O/c1-4-17-13-12(6-5-7-14-13)15-11-8-10(2)16(3)9-11/h5-7,10-11,15H,4,8-9H2,1-3H3. The summed E-state index contributed by atoms with van der Waals surface area (Å²) in [6, 6.07) is 5.09. The molecule has 2 unspecified atom stereocenters. The molecule has 4 heteroatoms. The zero-order valence-electron chi connectivity index (χ0n) is 10.8. The first-order chi connectivity index (χ1) is 8.20. The van der Waals surface area contributed by atoms with Gasteiger partial charge in [0.25, 0.3) is 0 Å². The van der Waals surface area contributed by atoms with E-state index in [1.807, 2.05) is 19.1 Å². The summed E-state index contributed by atoms with van der Waals surface area (Å²) in [5.41, 5.74) is 1.00. The monoisotopic (exact) mass is 235 g/mol. The first-order valence-corrected chi connectivity index (χ1v) is 6.25. The predicted molar refractivity (Wildman–Crippen MR) is 69.5 cm³/mol. The normalized spacial score (nSPS) is 24.9. The molecule has 0 aromatic carbocycles. The Bertz CT molecular complexity index is 359. The van der Waals surface area contributed by atoms with E-state index in [-0.39, 0.29) is 0 Å². The Kier molecular flexibility index (Phi) is 3.84. The van der Waals surface area contributed by atoms with Crippen LogP contribution in [-0.4, -0.2) is 42.2 Å². The molecular weight excluding hydrogens is 214 g/mol. The van der Waals surface area contributed by atoms with Crippen LogP contribution in [0.15, 0.2) is 18.3 Å². The van der Waals surface area contributed by atoms with E-state index in [4.69, 9.17) is 4.74 Å². The van der Waals surface area contributed by atoms with Gasteiger partial charge in [-0.05, 0) is 39.4 Å². The third-order valence-electron chi connectivity index (χ3n) is 3.30. The number of hydrogen-bond acceptors (Lipinski definition) is 4. The summed E-state index contributed by atoms with van der Waals surface area (Å²) in [7, 11) is 2.17. The highest BCUT2D eigenvalue weighted by atomic mass is 16.5. The molecule has 0 radical (unpaired) electrons. The van der Waals surface area contributed by atoms with Gasteiger partial charge in [0.15, 0.2) is 0 Å². The lowest BCUT2D eigenvalue weighted by atomic mass is 10.2. The van der Waals surface area contributed by atoms with E-state index in [9.17, 15) is 0 Å². The van der Waals surface area contributed by atoms with Crippen LogP contribution in [0.4, 0.5) is 5.69 Å². The third kappa shape index (κ3) is 2.88. The number of aromatic nitrogens is 1. The summed E-state index contributed by atoms with van der Waals surface area (Å²) in [5.74, 6) is 0.706. The number of nitrogens with zero attached hydrogens (tertiary/aromatic N) is 2. The maximum atomic E-state index is 5.51. The molecule has 0 saturated carbocycles. The number of rotatable bonds is 4. The molecule has 0 aliphatic carbocycles. The molecular formula is C13H21N3O. The van der Waals surface area contributed by atoms with Crippen LogP contribution in [0.5, 0.6) is 5.88 Å². The van der Waals surface area contributed by atoms with Gasteiger partial charge in [0.1, 0.15) is 0 Å². The highest BCUT2D eigenvalue weighted by Crippen LogP contribution is 2.25. The molecule has 94 valence electrons. The molecule has 4 nitrogen and oxygen atoms in total. The van der Waals surface area contributed by atoms with Crippen molar-refractivity contribution in [1.82, 2.24) is 9.88 Å². The summed E-state index contributed by atoms with van der Waals surface area (Å²) in [6.45, 7) is 5.95. The van der Waals surface area contributed by atoms with Gasteiger partial charge in [-0.25, -0.2) is 4.98 Å². The largest absolute Gasteiger partial charge is 0.476 e. The van der Waals surface area contributed by atoms with Gasteiger partial charge < -0.3 is 15.0 Å². The van der Waals surface area contributed by atoms with Crippen LogP contribution in [0, 0.1) is 0 Å². The van der Waals surface area contributed by atoms with Crippen LogP contribution in [0.25, 0.3) is 0 Å². The molecule has 0 bridgehead atoms. The van der Waals surface area contributed by atoms with E-state index in [1.54, 1.807) is 6.20 Å². The molecule has 1 aromatic rings. The van der Waals surface area contributed by atoms with Crippen molar-refractivity contribution in [3.63, 3.8) is 0 Å². The fraction of sp³-hybridized carbons (Fsp3) is 0.615. The molecule has 1 fully saturated rings. The summed E-state index contributed by atoms with van der Waals surface area (Å²) in [5, 5.41) is 3.53. The zero-order chi connectivity index (χ0) is 12.3. The first kappa shape index (κ1) is 12.2. The number of pyridine rings is 1. The quantitative estimate of drug-likeness (QED) is 0.866. The Hall–Kier alpha value is -1.29. The lowest BCUT2D eigenvalue weighted by Gasteiger charge is -2.16. The number of anilines is 1. The summed E-state index contributed by atoms with van der Waals surface area (Å²) >= 11 is 0. The number of likely N-dealkylation sites (tertiary alicyclic amines) is 1. The fourth-order valence-electron chi connectivity index (χ4n) is 2.27. The van der Waals surface area contributed by atoms with Crippen LogP contribution >= 0.6 is 0 Å². The van der Waals surface area contributed by atoms with Gasteiger partial charge in [0, 0.05) is 24.8 Å². The summed E-state index contributed by atoms with van der Waals surface area (Å²) < 4.78 is 5.51. The second-order valence-corrected chi connectivity index (χ2v) is 4.65. The van der Waals surface area contributed by atoms with Crippen molar-refractivity contribution in [2.45, 2.75) is 32.4 Å². The molecule has 2 atom stereocenters. The van der Waals surface area contributed by atoms with E-state index in [0.29, 0.717) is 24.6 Å². The van der Waals surface area contributed by atoms with Gasteiger partial charge in [0.05, 0.1) is 12.3 Å². The summed E-state index contributed by atoms with van der Waals surface area (Å²) in [4.78, 5) is 6.62. The Morgan fingerprint density at radius 2 is 2.41 bits per heavy atom. The molecule has 1 aromatic heterocycles. The van der Waals surface area contributed by atoms with Gasteiger partial charge in [-0.15, -0.1) is 0 Å². The minimum Gasteiger partial charge on any atom is -0.476 e. The lowest BCUT2D eigenvalue weighted by molar-refractivity contribution is 0.327. The third-order valence-corrected chi connectivity index (χ3v) is 3.30. The predicted octanol–water partition coefficient (Wildman–Crippen LogP) is 1.98. The van der Waals surface area contributed by atoms with E-state index >= 15 is 0 Å². The molecule has 1 aliphatic rings. The van der Waals surface area contributed by atoms with Crippen molar-refractivity contribution >= 4 is 5.69 Å². The van der Waals surface area contributed by atoms with Crippen molar-refractivity contribution in [1.29, 1.82) is 0 Å². The van der Waals surface area contributed by atoms with Gasteiger partial charge in [-0.1, -0.05) is 0 Å². The van der Waals surface area contributed by atoms with Crippen LogP contribution in [0.1, 0.15) is 20.3 Å². The van der Waals surface area contributed by atoms with E-state index in [2.05, 4.69) is 29.2 Å². The molecule has 1 aliphatic heterocycles. The molecule has 0 amide bonds. The van der Waals surface area contributed by atoms with E-state index in [0.717, 1.165) is 18.7 Å². The highest BCUT2D eigenvalue weighted by Gasteiger charge is 2.26. The molecule has 1 N–H and O–H groups in total. The maximum absolute atomic E-state index is 5.51. The first-order valence-electron chi connectivity index (χ1n) is 6.25. The number of nitrogens with one attached hydrogen (secondary N) is 1. The summed E-state index contributed by atoms with van der Waals surface area (Å²) in [6.07, 6.45) is 2.93. The number of ether oxygens (including phenoxy) is 1. The Morgan fingerprint density at radius 3 is 3.06 bits per heavy atom. The van der Waals surface area contributed by atoms with Gasteiger partial charge >= 0.3 is 0 Å². The van der Waals surface area contributed by atoms with Crippen molar-refractivity contribution < 1.29 is 4.74 Å². The average Bonchev–Trinajstić information content (AvgIpc) is 2.61. The smallest absolute Gasteiger partial charge is 0.237 e. The molecule has 17 heavy (non-hydrogen) atoms. The van der Waals surface area contributed by atoms with E-state index < -0.39 is 0 Å².